The van der Waals surface area contributed by atoms with Gasteiger partial charge in [0.15, 0.2) is 0 Å². The highest BCUT2D eigenvalue weighted by Crippen LogP contribution is 2.50. The number of hydrogen-bond donors (Lipinski definition) is 2. The third-order valence-corrected chi connectivity index (χ3v) is 5.36. The van der Waals surface area contributed by atoms with Crippen LogP contribution in [0, 0.1) is 5.92 Å². The number of hydrogen-bond acceptors (Lipinski definition) is 3. The lowest BCUT2D eigenvalue weighted by molar-refractivity contribution is 0.153. The van der Waals surface area contributed by atoms with Gasteiger partial charge < -0.3 is 10.4 Å². The minimum atomic E-state index is 0. The van der Waals surface area contributed by atoms with Gasteiger partial charge in [0, 0.05) is 42.3 Å². The Morgan fingerprint density at radius 2 is 1.67 bits per heavy atom. The van der Waals surface area contributed by atoms with Gasteiger partial charge in [-0.2, -0.15) is 0 Å². The van der Waals surface area contributed by atoms with Crippen molar-refractivity contribution in [2.24, 2.45) is 5.92 Å². The zero-order chi connectivity index (χ0) is 13.4. The second kappa shape index (κ2) is 8.37. The van der Waals surface area contributed by atoms with E-state index in [2.05, 4.69) is 42.1 Å². The molecule has 0 radical (unpaired) electrons. The van der Waals surface area contributed by atoms with Gasteiger partial charge in [0.2, 0.25) is 0 Å². The van der Waals surface area contributed by atoms with E-state index in [0.29, 0.717) is 17.7 Å². The Morgan fingerprint density at radius 3 is 2.24 bits per heavy atom. The second-order valence-electron chi connectivity index (χ2n) is 5.36. The molecule has 2 fully saturated rings. The molecule has 0 amide bonds. The first-order chi connectivity index (χ1) is 9.18. The molecule has 0 bridgehead atoms. The SMILES string of the molecule is Cl.Cl.Oc1c(Br)ccc(Br)c1[C@H](C1CC1)N1CCNCC1. The number of aromatic hydroxyl groups is 1. The molecule has 0 unspecified atom stereocenters. The highest BCUT2D eigenvalue weighted by molar-refractivity contribution is 9.11. The Kier molecular flexibility index (Phi) is 7.78. The van der Waals surface area contributed by atoms with Gasteiger partial charge in [-0.15, -0.1) is 24.8 Å². The lowest BCUT2D eigenvalue weighted by Crippen LogP contribution is -2.45. The van der Waals surface area contributed by atoms with Crippen molar-refractivity contribution in [3.05, 3.63) is 26.6 Å². The number of phenols is 1. The number of nitrogens with zero attached hydrogens (tertiary/aromatic N) is 1. The Morgan fingerprint density at radius 1 is 1.10 bits per heavy atom. The second-order valence-corrected chi connectivity index (χ2v) is 7.07. The molecule has 1 atom stereocenters. The van der Waals surface area contributed by atoms with E-state index in [1.54, 1.807) is 0 Å². The molecule has 1 aliphatic heterocycles. The highest BCUT2D eigenvalue weighted by Gasteiger charge is 2.39. The largest absolute Gasteiger partial charge is 0.506 e. The normalized spacial score (nSPS) is 20.3. The average Bonchev–Trinajstić information content (AvgIpc) is 3.24. The Bertz CT molecular complexity index is 480. The Labute approximate surface area is 154 Å². The van der Waals surface area contributed by atoms with E-state index in [0.717, 1.165) is 40.7 Å². The average molecular weight is 463 g/mol. The van der Waals surface area contributed by atoms with Crippen LogP contribution in [-0.2, 0) is 0 Å². The fourth-order valence-electron chi connectivity index (χ4n) is 2.93. The minimum Gasteiger partial charge on any atom is -0.506 e. The van der Waals surface area contributed by atoms with E-state index in [1.807, 2.05) is 12.1 Å². The molecular formula is C14H20Br2Cl2N2O. The highest BCUT2D eigenvalue weighted by atomic mass is 79.9. The fourth-order valence-corrected chi connectivity index (χ4v) is 3.83. The summed E-state index contributed by atoms with van der Waals surface area (Å²) in [4.78, 5) is 2.51. The van der Waals surface area contributed by atoms with Crippen molar-refractivity contribution in [2.45, 2.75) is 18.9 Å². The number of rotatable bonds is 3. The van der Waals surface area contributed by atoms with Crippen LogP contribution in [0.3, 0.4) is 0 Å². The van der Waals surface area contributed by atoms with Crippen LogP contribution in [0.5, 0.6) is 5.75 Å². The maximum atomic E-state index is 10.4. The summed E-state index contributed by atoms with van der Waals surface area (Å²) in [6, 6.07) is 4.26. The Balaban J connectivity index is 0.00000110. The van der Waals surface area contributed by atoms with Crippen LogP contribution in [0.2, 0.25) is 0 Å². The first kappa shape index (κ1) is 19.5. The zero-order valence-electron chi connectivity index (χ0n) is 11.5. The monoisotopic (exact) mass is 460 g/mol. The first-order valence-corrected chi connectivity index (χ1v) is 8.38. The van der Waals surface area contributed by atoms with Crippen LogP contribution < -0.4 is 5.32 Å². The molecule has 21 heavy (non-hydrogen) atoms. The molecule has 1 aromatic carbocycles. The van der Waals surface area contributed by atoms with Crippen LogP contribution in [0.25, 0.3) is 0 Å². The molecule has 3 nitrogen and oxygen atoms in total. The number of phenolic OH excluding ortho intramolecular Hbond substituents is 1. The number of piperazine rings is 1. The van der Waals surface area contributed by atoms with E-state index in [4.69, 9.17) is 0 Å². The van der Waals surface area contributed by atoms with Crippen molar-refractivity contribution < 1.29 is 5.11 Å². The van der Waals surface area contributed by atoms with E-state index >= 15 is 0 Å². The number of benzene rings is 1. The third-order valence-electron chi connectivity index (χ3n) is 4.02. The summed E-state index contributed by atoms with van der Waals surface area (Å²) < 4.78 is 1.80. The first-order valence-electron chi connectivity index (χ1n) is 6.80. The molecular weight excluding hydrogens is 443 g/mol. The summed E-state index contributed by atoms with van der Waals surface area (Å²) in [7, 11) is 0. The van der Waals surface area contributed by atoms with Gasteiger partial charge in [0.1, 0.15) is 5.75 Å². The Hall–Kier alpha value is 0.480. The quantitative estimate of drug-likeness (QED) is 0.709. The summed E-state index contributed by atoms with van der Waals surface area (Å²) in [6.07, 6.45) is 2.54. The molecule has 1 aliphatic carbocycles. The topological polar surface area (TPSA) is 35.5 Å². The standard InChI is InChI=1S/C14H18Br2N2O.2ClH/c15-10-3-4-11(16)14(19)12(10)13(9-1-2-9)18-7-5-17-6-8-18;;/h3-4,9,13,17,19H,1-2,5-8H2;2*1H/t13-;;/m0../s1. The van der Waals surface area contributed by atoms with Crippen LogP contribution in [-0.4, -0.2) is 36.2 Å². The molecule has 3 rings (SSSR count). The van der Waals surface area contributed by atoms with Gasteiger partial charge in [0.05, 0.1) is 4.47 Å². The lowest BCUT2D eigenvalue weighted by Gasteiger charge is -2.36. The fraction of sp³-hybridized carbons (Fsp3) is 0.571. The molecule has 1 aromatic rings. The summed E-state index contributed by atoms with van der Waals surface area (Å²) in [5, 5.41) is 13.8. The van der Waals surface area contributed by atoms with Gasteiger partial charge in [-0.1, -0.05) is 15.9 Å². The van der Waals surface area contributed by atoms with Gasteiger partial charge >= 0.3 is 0 Å². The van der Waals surface area contributed by atoms with Crippen LogP contribution in [0.15, 0.2) is 21.1 Å². The molecule has 120 valence electrons. The van der Waals surface area contributed by atoms with Crippen molar-refractivity contribution in [3.63, 3.8) is 0 Å². The van der Waals surface area contributed by atoms with Crippen molar-refractivity contribution in [1.29, 1.82) is 0 Å². The maximum Gasteiger partial charge on any atom is 0.135 e. The molecule has 2 aliphatic rings. The van der Waals surface area contributed by atoms with Crippen molar-refractivity contribution in [2.75, 3.05) is 26.2 Å². The van der Waals surface area contributed by atoms with Crippen molar-refractivity contribution >= 4 is 56.7 Å². The van der Waals surface area contributed by atoms with E-state index in [1.165, 1.54) is 12.8 Å². The van der Waals surface area contributed by atoms with Gasteiger partial charge in [-0.25, -0.2) is 0 Å². The molecule has 2 N–H and O–H groups in total. The van der Waals surface area contributed by atoms with Gasteiger partial charge in [-0.3, -0.25) is 4.90 Å². The number of halogens is 4. The summed E-state index contributed by atoms with van der Waals surface area (Å²) in [6.45, 7) is 4.18. The predicted octanol–water partition coefficient (Wildman–Crippen LogP) is 4.12. The van der Waals surface area contributed by atoms with Crippen LogP contribution in [0.4, 0.5) is 0 Å². The summed E-state index contributed by atoms with van der Waals surface area (Å²) in [5.41, 5.74) is 1.05. The molecule has 1 saturated heterocycles. The van der Waals surface area contributed by atoms with E-state index < -0.39 is 0 Å². The summed E-state index contributed by atoms with van der Waals surface area (Å²) >= 11 is 7.06. The van der Waals surface area contributed by atoms with Crippen molar-refractivity contribution in [1.82, 2.24) is 10.2 Å². The van der Waals surface area contributed by atoms with Gasteiger partial charge in [-0.05, 0) is 46.8 Å². The minimum absolute atomic E-state index is 0. The predicted molar refractivity (Wildman–Crippen MR) is 97.9 cm³/mol. The van der Waals surface area contributed by atoms with E-state index in [-0.39, 0.29) is 24.8 Å². The van der Waals surface area contributed by atoms with Gasteiger partial charge in [0.25, 0.3) is 0 Å². The maximum absolute atomic E-state index is 10.4. The van der Waals surface area contributed by atoms with Crippen molar-refractivity contribution in [3.8, 4) is 5.75 Å². The molecule has 7 heteroatoms. The molecule has 0 aromatic heterocycles. The number of nitrogens with one attached hydrogen (secondary N) is 1. The lowest BCUT2D eigenvalue weighted by atomic mass is 9.99. The molecule has 1 saturated carbocycles. The van der Waals surface area contributed by atoms with E-state index in [9.17, 15) is 5.11 Å². The smallest absolute Gasteiger partial charge is 0.135 e. The van der Waals surface area contributed by atoms with Crippen LogP contribution >= 0.6 is 56.7 Å². The summed E-state index contributed by atoms with van der Waals surface area (Å²) in [5.74, 6) is 1.08. The zero-order valence-corrected chi connectivity index (χ0v) is 16.3. The molecule has 1 heterocycles. The molecule has 0 spiro atoms. The van der Waals surface area contributed by atoms with Crippen LogP contribution in [0.1, 0.15) is 24.4 Å². The third kappa shape index (κ3) is 4.27.